The van der Waals surface area contributed by atoms with Gasteiger partial charge < -0.3 is 9.05 Å². The van der Waals surface area contributed by atoms with Crippen molar-refractivity contribution >= 4 is 44.3 Å². The van der Waals surface area contributed by atoms with Gasteiger partial charge in [-0.25, -0.2) is 16.8 Å². The van der Waals surface area contributed by atoms with E-state index in [1.807, 2.05) is 27.7 Å². The van der Waals surface area contributed by atoms with Gasteiger partial charge in [-0.2, -0.15) is 0 Å². The fourth-order valence-electron chi connectivity index (χ4n) is 3.60. The molecular weight excluding hydrogens is 571 g/mol. The Balaban J connectivity index is 2.09. The molecule has 0 unspecified atom stereocenters. The molecule has 218 valence electrons. The Morgan fingerprint density at radius 3 is 1.57 bits per heavy atom. The minimum absolute atomic E-state index is 0.0156. The third kappa shape index (κ3) is 8.41. The lowest BCUT2D eigenvalue weighted by atomic mass is 10.2. The van der Waals surface area contributed by atoms with Crippen LogP contribution >= 0.6 is 7.60 Å². The number of unbranched alkanes of at least 4 members (excludes halogenated alkanes) is 2. The molecule has 0 fully saturated rings. The van der Waals surface area contributed by atoms with Crippen molar-refractivity contribution in [1.82, 2.24) is 0 Å². The van der Waals surface area contributed by atoms with Crippen LogP contribution in [0.4, 0.5) is 11.4 Å². The van der Waals surface area contributed by atoms with E-state index in [1.165, 1.54) is 42.5 Å². The lowest BCUT2D eigenvalue weighted by Crippen LogP contribution is -2.22. The van der Waals surface area contributed by atoms with E-state index >= 15 is 0 Å². The fraction of sp³-hybridized carbons (Fsp3) is 0.357. The van der Waals surface area contributed by atoms with Crippen molar-refractivity contribution < 1.29 is 30.4 Å². The lowest BCUT2D eigenvalue weighted by Gasteiger charge is -2.23. The van der Waals surface area contributed by atoms with Gasteiger partial charge in [0.2, 0.25) is 0 Å². The van der Waals surface area contributed by atoms with Crippen molar-refractivity contribution in [1.29, 1.82) is 0 Å². The molecular formula is C28H37N2O7PS2. The van der Waals surface area contributed by atoms with Gasteiger partial charge in [0.05, 0.1) is 34.0 Å². The number of sulfonamides is 2. The highest BCUT2D eigenvalue weighted by molar-refractivity contribution is 7.93. The molecule has 9 nitrogen and oxygen atoms in total. The minimum atomic E-state index is -4.09. The summed E-state index contributed by atoms with van der Waals surface area (Å²) in [6.07, 6.45) is 2.76. The number of anilines is 2. The molecule has 0 bridgehead atoms. The quantitative estimate of drug-likeness (QED) is 0.152. The summed E-state index contributed by atoms with van der Waals surface area (Å²) in [5.74, 6) is 0. The van der Waals surface area contributed by atoms with Gasteiger partial charge in [0, 0.05) is 5.69 Å². The van der Waals surface area contributed by atoms with E-state index in [0.29, 0.717) is 12.8 Å². The Bertz CT molecular complexity index is 1530. The Hall–Kier alpha value is -2.69. The standard InChI is InChI=1S/C28H37N2O7PS2/c1-5-7-19-36-38(31,37-20-8-6-2)28-21-24(29-39(32,33)25-14-9-22(3)10-15-25)13-18-27(28)30-40(34,35)26-16-11-23(4)12-17-26/h9-18,21,29-30H,5-8,19-20H2,1-4H3. The lowest BCUT2D eigenvalue weighted by molar-refractivity contribution is 0.208. The molecule has 0 radical (unpaired) electrons. The Morgan fingerprint density at radius 1 is 0.675 bits per heavy atom. The van der Waals surface area contributed by atoms with E-state index < -0.39 is 27.6 Å². The number of aryl methyl sites for hydroxylation is 2. The van der Waals surface area contributed by atoms with Crippen molar-refractivity contribution in [3.8, 4) is 0 Å². The van der Waals surface area contributed by atoms with Crippen molar-refractivity contribution in [3.05, 3.63) is 77.9 Å². The van der Waals surface area contributed by atoms with Crippen LogP contribution in [0.25, 0.3) is 0 Å². The van der Waals surface area contributed by atoms with Gasteiger partial charge in [0.15, 0.2) is 0 Å². The van der Waals surface area contributed by atoms with E-state index in [9.17, 15) is 21.4 Å². The van der Waals surface area contributed by atoms with Gasteiger partial charge in [-0.3, -0.25) is 14.0 Å². The van der Waals surface area contributed by atoms with E-state index in [4.69, 9.17) is 9.05 Å². The summed E-state index contributed by atoms with van der Waals surface area (Å²) >= 11 is 0. The molecule has 40 heavy (non-hydrogen) atoms. The molecule has 0 spiro atoms. The molecule has 0 saturated heterocycles. The highest BCUT2D eigenvalue weighted by atomic mass is 32.2. The number of nitrogens with one attached hydrogen (secondary N) is 2. The summed E-state index contributed by atoms with van der Waals surface area (Å²) in [7, 11) is -12.2. The first-order valence-corrected chi connectivity index (χ1v) is 17.6. The molecule has 12 heteroatoms. The maximum absolute atomic E-state index is 14.2. The zero-order valence-electron chi connectivity index (χ0n) is 23.2. The van der Waals surface area contributed by atoms with Crippen LogP contribution in [-0.4, -0.2) is 30.0 Å². The third-order valence-corrected chi connectivity index (χ3v) is 10.8. The summed E-state index contributed by atoms with van der Waals surface area (Å²) in [4.78, 5) is 0.0622. The zero-order chi connectivity index (χ0) is 29.4. The second-order valence-corrected chi connectivity index (χ2v) is 14.8. The molecule has 3 rings (SSSR count). The number of hydrogen-bond donors (Lipinski definition) is 2. The van der Waals surface area contributed by atoms with Gasteiger partial charge >= 0.3 is 7.60 Å². The first-order valence-electron chi connectivity index (χ1n) is 13.1. The molecule has 0 atom stereocenters. The average molecular weight is 609 g/mol. The van der Waals surface area contributed by atoms with E-state index in [2.05, 4.69) is 9.44 Å². The summed E-state index contributed by atoms with van der Waals surface area (Å²) in [6.45, 7) is 7.82. The van der Waals surface area contributed by atoms with E-state index in [0.717, 1.165) is 24.0 Å². The Kier molecular flexibility index (Phi) is 11.0. The maximum Gasteiger partial charge on any atom is 0.363 e. The largest absolute Gasteiger partial charge is 0.363 e. The second kappa shape index (κ2) is 13.8. The highest BCUT2D eigenvalue weighted by Crippen LogP contribution is 2.50. The first kappa shape index (κ1) is 31.8. The predicted octanol–water partition coefficient (Wildman–Crippen LogP) is 6.36. The van der Waals surface area contributed by atoms with Crippen LogP contribution in [0.2, 0.25) is 0 Å². The van der Waals surface area contributed by atoms with Crippen LogP contribution in [0, 0.1) is 13.8 Å². The second-order valence-electron chi connectivity index (χ2n) is 9.44. The molecule has 0 aromatic heterocycles. The first-order chi connectivity index (χ1) is 18.9. The van der Waals surface area contributed by atoms with Crippen LogP contribution in [-0.2, 0) is 33.7 Å². The van der Waals surface area contributed by atoms with Gasteiger partial charge in [0.25, 0.3) is 20.0 Å². The topological polar surface area (TPSA) is 128 Å². The number of benzene rings is 3. The summed E-state index contributed by atoms with van der Waals surface area (Å²) < 4.78 is 83.4. The molecule has 3 aromatic rings. The SMILES string of the molecule is CCCCOP(=O)(OCCCC)c1cc(NS(=O)(=O)c2ccc(C)cc2)ccc1NS(=O)(=O)c1ccc(C)cc1. The Labute approximate surface area is 238 Å². The number of rotatable bonds is 15. The molecule has 0 saturated carbocycles. The zero-order valence-corrected chi connectivity index (χ0v) is 25.7. The van der Waals surface area contributed by atoms with Gasteiger partial charge in [-0.15, -0.1) is 0 Å². The van der Waals surface area contributed by atoms with Crippen LogP contribution in [0.5, 0.6) is 0 Å². The molecule has 3 aromatic carbocycles. The fourth-order valence-corrected chi connectivity index (χ4v) is 7.61. The van der Waals surface area contributed by atoms with Crippen LogP contribution in [0.15, 0.2) is 76.5 Å². The maximum atomic E-state index is 14.2. The van der Waals surface area contributed by atoms with E-state index in [1.54, 1.807) is 24.3 Å². The summed E-state index contributed by atoms with van der Waals surface area (Å²) in [5, 5.41) is -0.0838. The average Bonchev–Trinajstić information content (AvgIpc) is 2.90. The minimum Gasteiger partial charge on any atom is -0.305 e. The van der Waals surface area contributed by atoms with Crippen molar-refractivity contribution in [2.75, 3.05) is 22.7 Å². The summed E-state index contributed by atoms with van der Waals surface area (Å²) in [6, 6.07) is 16.7. The molecule has 2 N–H and O–H groups in total. The van der Waals surface area contributed by atoms with E-state index in [-0.39, 0.29) is 39.7 Å². The van der Waals surface area contributed by atoms with Crippen molar-refractivity contribution in [2.24, 2.45) is 0 Å². The van der Waals surface area contributed by atoms with Gasteiger partial charge in [0.1, 0.15) is 0 Å². The van der Waals surface area contributed by atoms with Crippen molar-refractivity contribution in [2.45, 2.75) is 63.2 Å². The highest BCUT2D eigenvalue weighted by Gasteiger charge is 2.33. The van der Waals surface area contributed by atoms with Crippen LogP contribution in [0.1, 0.15) is 50.7 Å². The number of hydrogen-bond acceptors (Lipinski definition) is 7. The van der Waals surface area contributed by atoms with Crippen molar-refractivity contribution in [3.63, 3.8) is 0 Å². The van der Waals surface area contributed by atoms with Crippen LogP contribution in [0.3, 0.4) is 0 Å². The third-order valence-electron chi connectivity index (χ3n) is 5.97. The molecule has 0 amide bonds. The summed E-state index contributed by atoms with van der Waals surface area (Å²) in [5.41, 5.74) is 1.84. The normalized spacial score (nSPS) is 12.3. The predicted molar refractivity (Wildman–Crippen MR) is 159 cm³/mol. The van der Waals surface area contributed by atoms with Gasteiger partial charge in [-0.1, -0.05) is 62.1 Å². The molecule has 0 aliphatic carbocycles. The van der Waals surface area contributed by atoms with Crippen LogP contribution < -0.4 is 14.7 Å². The molecule has 0 aliphatic heterocycles. The smallest absolute Gasteiger partial charge is 0.305 e. The Morgan fingerprint density at radius 2 is 1.12 bits per heavy atom. The van der Waals surface area contributed by atoms with Gasteiger partial charge in [-0.05, 0) is 69.2 Å². The molecule has 0 heterocycles. The monoisotopic (exact) mass is 608 g/mol. The molecule has 0 aliphatic rings.